The molecular formula is C12H16O4. The summed E-state index contributed by atoms with van der Waals surface area (Å²) in [6.07, 6.45) is 1.31. The van der Waals surface area contributed by atoms with Gasteiger partial charge in [0.1, 0.15) is 5.75 Å². The van der Waals surface area contributed by atoms with E-state index in [0.29, 0.717) is 12.2 Å². The Labute approximate surface area is 94.9 Å². The number of aliphatic carboxylic acids is 1. The standard InChI is InChI=1S/C10H12O2.C2H4O2/c1-2-6-10(11)12-9-7-4-3-5-8-9;1-2(3)4/h3-5,7-8H,2,6H2,1H3;1H3,(H,3,4). The fourth-order valence-corrected chi connectivity index (χ4v) is 0.875. The molecule has 4 nitrogen and oxygen atoms in total. The first kappa shape index (κ1) is 14.2. The number of para-hydroxylation sites is 1. The van der Waals surface area contributed by atoms with Gasteiger partial charge in [0.2, 0.25) is 0 Å². The zero-order valence-electron chi connectivity index (χ0n) is 9.47. The number of rotatable bonds is 3. The van der Waals surface area contributed by atoms with Crippen LogP contribution in [0.2, 0.25) is 0 Å². The zero-order valence-corrected chi connectivity index (χ0v) is 9.47. The van der Waals surface area contributed by atoms with E-state index < -0.39 is 5.97 Å². The molecule has 0 bridgehead atoms. The molecule has 0 amide bonds. The molecule has 0 unspecified atom stereocenters. The Kier molecular flexibility index (Phi) is 7.49. The summed E-state index contributed by atoms with van der Waals surface area (Å²) in [5, 5.41) is 7.42. The van der Waals surface area contributed by atoms with E-state index in [9.17, 15) is 4.79 Å². The number of esters is 1. The van der Waals surface area contributed by atoms with Crippen molar-refractivity contribution in [3.8, 4) is 5.75 Å². The summed E-state index contributed by atoms with van der Waals surface area (Å²) in [7, 11) is 0. The van der Waals surface area contributed by atoms with Crippen LogP contribution in [0.1, 0.15) is 26.7 Å². The Morgan fingerprint density at radius 2 is 1.75 bits per heavy atom. The van der Waals surface area contributed by atoms with Gasteiger partial charge in [-0.3, -0.25) is 9.59 Å². The predicted molar refractivity (Wildman–Crippen MR) is 60.3 cm³/mol. The lowest BCUT2D eigenvalue weighted by Crippen LogP contribution is -2.06. The minimum atomic E-state index is -0.833. The maximum atomic E-state index is 11.0. The number of carbonyl (C=O) groups is 2. The summed E-state index contributed by atoms with van der Waals surface area (Å²) >= 11 is 0. The van der Waals surface area contributed by atoms with E-state index >= 15 is 0 Å². The third-order valence-corrected chi connectivity index (χ3v) is 1.43. The number of carboxylic acid groups (broad SMARTS) is 1. The lowest BCUT2D eigenvalue weighted by molar-refractivity contribution is -0.135. The highest BCUT2D eigenvalue weighted by molar-refractivity contribution is 5.72. The number of hydrogen-bond donors (Lipinski definition) is 1. The first-order chi connectivity index (χ1) is 7.56. The molecule has 0 aliphatic heterocycles. The first-order valence-corrected chi connectivity index (χ1v) is 5.01. The van der Waals surface area contributed by atoms with Crippen molar-refractivity contribution in [2.24, 2.45) is 0 Å². The van der Waals surface area contributed by atoms with Gasteiger partial charge in [0.15, 0.2) is 0 Å². The maximum absolute atomic E-state index is 11.0. The van der Waals surface area contributed by atoms with Gasteiger partial charge in [0.05, 0.1) is 0 Å². The van der Waals surface area contributed by atoms with E-state index in [1.807, 2.05) is 25.1 Å². The summed E-state index contributed by atoms with van der Waals surface area (Å²) in [5.74, 6) is -0.375. The highest BCUT2D eigenvalue weighted by Crippen LogP contribution is 2.09. The zero-order chi connectivity index (χ0) is 12.4. The van der Waals surface area contributed by atoms with E-state index in [2.05, 4.69) is 0 Å². The van der Waals surface area contributed by atoms with Crippen LogP contribution in [0.3, 0.4) is 0 Å². The van der Waals surface area contributed by atoms with E-state index in [4.69, 9.17) is 14.6 Å². The van der Waals surface area contributed by atoms with Gasteiger partial charge in [-0.1, -0.05) is 25.1 Å². The molecule has 16 heavy (non-hydrogen) atoms. The van der Waals surface area contributed by atoms with Crippen molar-refractivity contribution < 1.29 is 19.4 Å². The molecule has 1 rings (SSSR count). The number of carbonyl (C=O) groups excluding carboxylic acids is 1. The van der Waals surface area contributed by atoms with Crippen molar-refractivity contribution in [1.82, 2.24) is 0 Å². The Morgan fingerprint density at radius 3 is 2.19 bits per heavy atom. The molecule has 88 valence electrons. The Morgan fingerprint density at radius 1 is 1.25 bits per heavy atom. The molecular weight excluding hydrogens is 208 g/mol. The normalized spacial score (nSPS) is 8.62. The topological polar surface area (TPSA) is 63.6 Å². The van der Waals surface area contributed by atoms with Gasteiger partial charge < -0.3 is 9.84 Å². The van der Waals surface area contributed by atoms with Gasteiger partial charge in [-0.05, 0) is 18.6 Å². The second kappa shape index (κ2) is 8.47. The Hall–Kier alpha value is -1.84. The smallest absolute Gasteiger partial charge is 0.311 e. The highest BCUT2D eigenvalue weighted by Gasteiger charge is 2.00. The SMILES string of the molecule is CC(=O)O.CCCC(=O)Oc1ccccc1. The third kappa shape index (κ3) is 8.74. The van der Waals surface area contributed by atoms with Gasteiger partial charge in [-0.25, -0.2) is 0 Å². The van der Waals surface area contributed by atoms with Crippen LogP contribution in [0.15, 0.2) is 30.3 Å². The number of hydrogen-bond acceptors (Lipinski definition) is 3. The second-order valence-electron chi connectivity index (χ2n) is 3.06. The molecule has 1 aromatic rings. The molecule has 1 N–H and O–H groups in total. The van der Waals surface area contributed by atoms with Crippen molar-refractivity contribution in [2.75, 3.05) is 0 Å². The van der Waals surface area contributed by atoms with Gasteiger partial charge in [0.25, 0.3) is 5.97 Å². The second-order valence-corrected chi connectivity index (χ2v) is 3.06. The molecule has 4 heteroatoms. The minimum Gasteiger partial charge on any atom is -0.481 e. The quantitative estimate of drug-likeness (QED) is 0.632. The summed E-state index contributed by atoms with van der Waals surface area (Å²) in [5.41, 5.74) is 0. The monoisotopic (exact) mass is 224 g/mol. The molecule has 0 fully saturated rings. The highest BCUT2D eigenvalue weighted by atomic mass is 16.5. The molecule has 1 aromatic carbocycles. The van der Waals surface area contributed by atoms with Crippen LogP contribution in [0.25, 0.3) is 0 Å². The molecule has 0 aromatic heterocycles. The van der Waals surface area contributed by atoms with Crippen molar-refractivity contribution >= 4 is 11.9 Å². The van der Waals surface area contributed by atoms with E-state index in [1.54, 1.807) is 12.1 Å². The van der Waals surface area contributed by atoms with Gasteiger partial charge in [0, 0.05) is 13.3 Å². The molecule has 0 saturated carbocycles. The van der Waals surface area contributed by atoms with Crippen molar-refractivity contribution in [3.63, 3.8) is 0 Å². The van der Waals surface area contributed by atoms with E-state index in [-0.39, 0.29) is 5.97 Å². The summed E-state index contributed by atoms with van der Waals surface area (Å²) in [6.45, 7) is 3.03. The summed E-state index contributed by atoms with van der Waals surface area (Å²) < 4.78 is 5.02. The van der Waals surface area contributed by atoms with Crippen LogP contribution in [0.5, 0.6) is 5.75 Å². The van der Waals surface area contributed by atoms with Gasteiger partial charge >= 0.3 is 5.97 Å². The Balaban J connectivity index is 0.000000487. The first-order valence-electron chi connectivity index (χ1n) is 5.01. The largest absolute Gasteiger partial charge is 0.481 e. The van der Waals surface area contributed by atoms with Crippen LogP contribution in [-0.4, -0.2) is 17.0 Å². The molecule has 0 spiro atoms. The summed E-state index contributed by atoms with van der Waals surface area (Å²) in [4.78, 5) is 20.0. The van der Waals surface area contributed by atoms with E-state index in [0.717, 1.165) is 13.3 Å². The van der Waals surface area contributed by atoms with Gasteiger partial charge in [-0.15, -0.1) is 0 Å². The third-order valence-electron chi connectivity index (χ3n) is 1.43. The molecule has 0 saturated heterocycles. The van der Waals surface area contributed by atoms with Crippen molar-refractivity contribution in [3.05, 3.63) is 30.3 Å². The number of carboxylic acids is 1. The fraction of sp³-hybridized carbons (Fsp3) is 0.333. The molecule has 0 aliphatic rings. The fourth-order valence-electron chi connectivity index (χ4n) is 0.875. The average Bonchev–Trinajstić information content (AvgIpc) is 2.18. The lowest BCUT2D eigenvalue weighted by atomic mass is 10.3. The lowest BCUT2D eigenvalue weighted by Gasteiger charge is -2.01. The number of ether oxygens (including phenoxy) is 1. The van der Waals surface area contributed by atoms with Crippen LogP contribution in [-0.2, 0) is 9.59 Å². The molecule has 0 aliphatic carbocycles. The average molecular weight is 224 g/mol. The molecule has 0 radical (unpaired) electrons. The predicted octanol–water partition coefficient (Wildman–Crippen LogP) is 2.48. The summed E-state index contributed by atoms with van der Waals surface area (Å²) in [6, 6.07) is 9.11. The van der Waals surface area contributed by atoms with Crippen LogP contribution in [0, 0.1) is 0 Å². The minimum absolute atomic E-state index is 0.163. The number of benzene rings is 1. The van der Waals surface area contributed by atoms with Crippen LogP contribution >= 0.6 is 0 Å². The van der Waals surface area contributed by atoms with Crippen molar-refractivity contribution in [1.29, 1.82) is 0 Å². The van der Waals surface area contributed by atoms with Gasteiger partial charge in [-0.2, -0.15) is 0 Å². The Bertz CT molecular complexity index is 315. The molecule has 0 heterocycles. The van der Waals surface area contributed by atoms with E-state index in [1.165, 1.54) is 0 Å². The maximum Gasteiger partial charge on any atom is 0.311 e. The van der Waals surface area contributed by atoms with Crippen molar-refractivity contribution in [2.45, 2.75) is 26.7 Å². The van der Waals surface area contributed by atoms with Crippen LogP contribution in [0.4, 0.5) is 0 Å². The van der Waals surface area contributed by atoms with Crippen LogP contribution < -0.4 is 4.74 Å². The molecule has 0 atom stereocenters.